The highest BCUT2D eigenvalue weighted by Crippen LogP contribution is 2.31. The molecule has 0 bridgehead atoms. The van der Waals surface area contributed by atoms with Crippen LogP contribution in [-0.4, -0.2) is 37.2 Å². The molecule has 0 saturated carbocycles. The van der Waals surface area contributed by atoms with Crippen molar-refractivity contribution in [2.45, 2.75) is 9.79 Å². The molecule has 1 atom stereocenters. The van der Waals surface area contributed by atoms with Crippen LogP contribution in [0.5, 0.6) is 5.75 Å². The van der Waals surface area contributed by atoms with Gasteiger partial charge in [-0.2, -0.15) is 31.3 Å². The molecule has 0 spiro atoms. The molecular formula is C17H15N3O8S3. The first kappa shape index (κ1) is 22.8. The quantitative estimate of drug-likeness (QED) is 0.338. The Labute approximate surface area is 180 Å². The second-order valence-corrected chi connectivity index (χ2v) is 9.71. The Hall–Kier alpha value is -2.91. The molecule has 11 nitrogen and oxygen atoms in total. The van der Waals surface area contributed by atoms with Gasteiger partial charge < -0.3 is 4.18 Å². The zero-order chi connectivity index (χ0) is 22.8. The molecule has 0 radical (unpaired) electrons. The van der Waals surface area contributed by atoms with Gasteiger partial charge in [0.2, 0.25) is 0 Å². The van der Waals surface area contributed by atoms with E-state index >= 15 is 0 Å². The molecular weight excluding hydrogens is 470 g/mol. The summed E-state index contributed by atoms with van der Waals surface area (Å²) in [6.07, 6.45) is 0. The minimum atomic E-state index is -4.84. The van der Waals surface area contributed by atoms with E-state index in [0.29, 0.717) is 22.8 Å². The van der Waals surface area contributed by atoms with Crippen molar-refractivity contribution >= 4 is 53.6 Å². The molecule has 31 heavy (non-hydrogen) atoms. The lowest BCUT2D eigenvalue weighted by molar-refractivity contribution is 0.478. The maximum atomic E-state index is 12.5. The fourth-order valence-corrected chi connectivity index (χ4v) is 4.46. The van der Waals surface area contributed by atoms with Gasteiger partial charge in [0.25, 0.3) is 20.2 Å². The average molecular weight is 486 g/mol. The molecule has 3 aromatic carbocycles. The Bertz CT molecular complexity index is 1370. The minimum absolute atomic E-state index is 0.347. The lowest BCUT2D eigenvalue weighted by Crippen LogP contribution is -2.12. The second-order valence-electron chi connectivity index (χ2n) is 6.02. The molecule has 14 heteroatoms. The number of benzene rings is 3. The Morgan fingerprint density at radius 3 is 2.13 bits per heavy atom. The Morgan fingerprint density at radius 2 is 1.55 bits per heavy atom. The standard InChI is InChI=1S/C17H15N3O8S3/c1-18-19-12-6-11-4-2-3-5-16(11)17(7-12)20-29(21)28-13-8-14(30(22,23)24)10-15(9-13)31(25,26)27/h2-10,20H,1H3,(H,22,23,24)(H,25,26,27). The van der Waals surface area contributed by atoms with Gasteiger partial charge in [-0.05, 0) is 23.6 Å². The van der Waals surface area contributed by atoms with E-state index in [1.54, 1.807) is 36.4 Å². The van der Waals surface area contributed by atoms with Gasteiger partial charge in [-0.15, -0.1) is 0 Å². The Morgan fingerprint density at radius 1 is 0.935 bits per heavy atom. The largest absolute Gasteiger partial charge is 0.385 e. The maximum absolute atomic E-state index is 12.5. The first-order valence-corrected chi connectivity index (χ1v) is 12.2. The fraction of sp³-hybridized carbons (Fsp3) is 0.0588. The molecule has 0 heterocycles. The van der Waals surface area contributed by atoms with Crippen LogP contribution >= 0.6 is 0 Å². The Balaban J connectivity index is 1.98. The SMILES string of the molecule is CN=Nc1cc(NS(=O)Oc2cc(S(=O)(=O)O)cc(S(=O)(=O)O)c2)c2ccccc2c1. The molecule has 1 unspecified atom stereocenters. The van der Waals surface area contributed by atoms with Crippen LogP contribution in [-0.2, 0) is 31.5 Å². The topological polar surface area (TPSA) is 172 Å². The highest BCUT2D eigenvalue weighted by molar-refractivity contribution is 7.86. The molecule has 164 valence electrons. The van der Waals surface area contributed by atoms with Crippen molar-refractivity contribution < 1.29 is 34.3 Å². The third-order valence-electron chi connectivity index (χ3n) is 3.88. The van der Waals surface area contributed by atoms with Gasteiger partial charge in [-0.3, -0.25) is 13.8 Å². The van der Waals surface area contributed by atoms with Gasteiger partial charge in [0.1, 0.15) is 5.75 Å². The molecule has 0 aromatic heterocycles. The zero-order valence-electron chi connectivity index (χ0n) is 15.7. The number of anilines is 1. The van der Waals surface area contributed by atoms with Crippen LogP contribution in [0.3, 0.4) is 0 Å². The van der Waals surface area contributed by atoms with Crippen LogP contribution in [0.15, 0.2) is 74.6 Å². The monoisotopic (exact) mass is 485 g/mol. The third-order valence-corrected chi connectivity index (χ3v) is 6.27. The van der Waals surface area contributed by atoms with Crippen molar-refractivity contribution in [3.63, 3.8) is 0 Å². The average Bonchev–Trinajstić information content (AvgIpc) is 2.66. The fourth-order valence-electron chi connectivity index (χ4n) is 2.64. The lowest BCUT2D eigenvalue weighted by atomic mass is 10.1. The van der Waals surface area contributed by atoms with E-state index in [1.165, 1.54) is 7.05 Å². The highest BCUT2D eigenvalue weighted by atomic mass is 32.2. The maximum Gasteiger partial charge on any atom is 0.316 e. The molecule has 3 rings (SSSR count). The zero-order valence-corrected chi connectivity index (χ0v) is 18.1. The molecule has 3 N–H and O–H groups in total. The molecule has 3 aromatic rings. The van der Waals surface area contributed by atoms with Crippen molar-refractivity contribution in [3.8, 4) is 5.75 Å². The van der Waals surface area contributed by atoms with Crippen molar-refractivity contribution in [3.05, 3.63) is 54.6 Å². The van der Waals surface area contributed by atoms with Crippen molar-refractivity contribution in [1.82, 2.24) is 0 Å². The predicted octanol–water partition coefficient (Wildman–Crippen LogP) is 3.12. The smallest absolute Gasteiger partial charge is 0.316 e. The van der Waals surface area contributed by atoms with Gasteiger partial charge in [0, 0.05) is 24.6 Å². The lowest BCUT2D eigenvalue weighted by Gasteiger charge is -2.12. The summed E-state index contributed by atoms with van der Waals surface area (Å²) in [7, 11) is -8.20. The minimum Gasteiger partial charge on any atom is -0.385 e. The predicted molar refractivity (Wildman–Crippen MR) is 113 cm³/mol. The second kappa shape index (κ2) is 8.68. The molecule has 0 aliphatic rings. The van der Waals surface area contributed by atoms with Crippen LogP contribution in [0, 0.1) is 0 Å². The summed E-state index contributed by atoms with van der Waals surface area (Å²) in [5.74, 6) is -0.498. The van der Waals surface area contributed by atoms with Crippen molar-refractivity contribution in [2.24, 2.45) is 10.2 Å². The first-order valence-electron chi connectivity index (χ1n) is 8.27. The van der Waals surface area contributed by atoms with Gasteiger partial charge in [-0.1, -0.05) is 24.3 Å². The number of hydrogen-bond donors (Lipinski definition) is 3. The Kier molecular flexibility index (Phi) is 6.38. The molecule has 0 amide bonds. The normalized spacial score (nSPS) is 13.4. The summed E-state index contributed by atoms with van der Waals surface area (Å²) in [6, 6.07) is 12.4. The van der Waals surface area contributed by atoms with Crippen LogP contribution in [0.1, 0.15) is 0 Å². The van der Waals surface area contributed by atoms with Crippen LogP contribution in [0.4, 0.5) is 11.4 Å². The van der Waals surface area contributed by atoms with E-state index in [4.69, 9.17) is 4.18 Å². The summed E-state index contributed by atoms with van der Waals surface area (Å²) >= 11 is -2.34. The van der Waals surface area contributed by atoms with Crippen LogP contribution in [0.25, 0.3) is 10.8 Å². The number of nitrogens with zero attached hydrogens (tertiary/aromatic N) is 2. The van der Waals surface area contributed by atoms with E-state index in [-0.39, 0.29) is 0 Å². The van der Waals surface area contributed by atoms with E-state index in [9.17, 15) is 30.1 Å². The number of nitrogens with one attached hydrogen (secondary N) is 1. The van der Waals surface area contributed by atoms with Crippen molar-refractivity contribution in [2.75, 3.05) is 11.8 Å². The molecule has 0 fully saturated rings. The van der Waals surface area contributed by atoms with E-state index < -0.39 is 47.0 Å². The van der Waals surface area contributed by atoms with Crippen LogP contribution in [0.2, 0.25) is 0 Å². The number of fused-ring (bicyclic) bond motifs is 1. The summed E-state index contributed by atoms with van der Waals surface area (Å²) < 4.78 is 84.2. The van der Waals surface area contributed by atoms with Gasteiger partial charge in [0.05, 0.1) is 21.2 Å². The summed E-state index contributed by atoms with van der Waals surface area (Å²) in [4.78, 5) is -1.74. The van der Waals surface area contributed by atoms with Crippen molar-refractivity contribution in [1.29, 1.82) is 0 Å². The molecule has 0 saturated heterocycles. The van der Waals surface area contributed by atoms with Gasteiger partial charge in [-0.25, -0.2) is 0 Å². The molecule has 0 aliphatic heterocycles. The number of rotatable bonds is 7. The molecule has 0 aliphatic carbocycles. The van der Waals surface area contributed by atoms with Gasteiger partial charge in [0.15, 0.2) is 0 Å². The highest BCUT2D eigenvalue weighted by Gasteiger charge is 2.20. The number of hydrogen-bond acceptors (Lipinski definition) is 8. The summed E-state index contributed by atoms with van der Waals surface area (Å²) in [5.41, 5.74) is 0.808. The van der Waals surface area contributed by atoms with Gasteiger partial charge >= 0.3 is 11.3 Å². The van der Waals surface area contributed by atoms with E-state index in [2.05, 4.69) is 15.0 Å². The third kappa shape index (κ3) is 5.62. The summed E-state index contributed by atoms with van der Waals surface area (Å²) in [6.45, 7) is 0. The number of azo groups is 1. The van der Waals surface area contributed by atoms with Crippen LogP contribution < -0.4 is 8.91 Å². The first-order chi connectivity index (χ1) is 14.5. The summed E-state index contributed by atoms with van der Waals surface area (Å²) in [5, 5.41) is 9.06. The van der Waals surface area contributed by atoms with E-state index in [0.717, 1.165) is 17.5 Å². The van der Waals surface area contributed by atoms with E-state index in [1.807, 2.05) is 0 Å².